The second-order valence-corrected chi connectivity index (χ2v) is 6.15. The molecule has 0 unspecified atom stereocenters. The second kappa shape index (κ2) is 7.48. The summed E-state index contributed by atoms with van der Waals surface area (Å²) in [5.74, 6) is 0. The summed E-state index contributed by atoms with van der Waals surface area (Å²) in [4.78, 5) is 0. The Morgan fingerprint density at radius 2 is 1.69 bits per heavy atom. The van der Waals surface area contributed by atoms with Crippen molar-refractivity contribution in [3.8, 4) is 0 Å². The van der Waals surface area contributed by atoms with E-state index in [9.17, 15) is 0 Å². The molecule has 0 aliphatic rings. The van der Waals surface area contributed by atoms with Crippen LogP contribution >= 0.6 is 0 Å². The normalized spacial score (nSPS) is 13.5. The summed E-state index contributed by atoms with van der Waals surface area (Å²) in [5.41, 5.74) is 1.37. The van der Waals surface area contributed by atoms with Gasteiger partial charge in [0.05, 0.1) is 12.2 Å². The first-order valence-corrected chi connectivity index (χ1v) is 5.75. The zero-order valence-electron chi connectivity index (χ0n) is 12.3. The minimum atomic E-state index is -0.0324. The monoisotopic (exact) mass is 218 g/mol. The van der Waals surface area contributed by atoms with Crippen LogP contribution in [0.2, 0.25) is 0 Å². The maximum Gasteiger partial charge on any atom is 1.00 e. The summed E-state index contributed by atoms with van der Waals surface area (Å²) in [7, 11) is 0. The van der Waals surface area contributed by atoms with E-state index in [1.807, 2.05) is 6.92 Å². The van der Waals surface area contributed by atoms with Gasteiger partial charge in [-0.2, -0.15) is 0 Å². The van der Waals surface area contributed by atoms with Gasteiger partial charge in [-0.05, 0) is 26.2 Å². The van der Waals surface area contributed by atoms with Crippen molar-refractivity contribution >= 4 is 0 Å². The Balaban J connectivity index is 0. The van der Waals surface area contributed by atoms with Crippen LogP contribution in [-0.2, 0) is 4.74 Å². The van der Waals surface area contributed by atoms with E-state index in [4.69, 9.17) is 4.74 Å². The molecule has 0 rings (SSSR count). The van der Waals surface area contributed by atoms with Gasteiger partial charge in [-0.15, -0.1) is 6.42 Å². The summed E-state index contributed by atoms with van der Waals surface area (Å²) in [6, 6.07) is 0. The molecule has 0 aromatic rings. The second-order valence-electron chi connectivity index (χ2n) is 6.15. The van der Waals surface area contributed by atoms with E-state index in [0.29, 0.717) is 0 Å². The zero-order chi connectivity index (χ0) is 12.1. The van der Waals surface area contributed by atoms with Gasteiger partial charge in [-0.25, -0.2) is 18.6 Å². The van der Waals surface area contributed by atoms with Crippen molar-refractivity contribution < 1.29 is 23.6 Å². The molecule has 0 saturated carbocycles. The molecule has 1 nitrogen and oxygen atoms in total. The van der Waals surface area contributed by atoms with Crippen LogP contribution in [0.5, 0.6) is 0 Å². The van der Waals surface area contributed by atoms with E-state index >= 15 is 0 Å². The largest absolute Gasteiger partial charge is 1.00 e. The molecule has 2 heteroatoms. The molecule has 0 saturated heterocycles. The molecule has 0 heterocycles. The molecule has 16 heavy (non-hydrogen) atoms. The number of allylic oxidation sites excluding steroid dienone is 2. The minimum Gasteiger partial charge on any atom is -0.375 e. The Hall–Kier alpha value is 0.167. The molecular weight excluding hydrogens is 191 g/mol. The Kier molecular flexibility index (Phi) is 8.67. The molecule has 0 spiro atoms. The Labute approximate surface area is 114 Å². The number of rotatable bonds is 5. The smallest absolute Gasteiger partial charge is 0.375 e. The SMILES string of the molecule is [CH2-]/C(C)=C/CCC(C)(C)COC(C)(C)C.[Li+]. The maximum absolute atomic E-state index is 5.82. The Bertz CT molecular complexity index is 207. The van der Waals surface area contributed by atoms with Crippen LogP contribution in [0.3, 0.4) is 0 Å². The first-order chi connectivity index (χ1) is 6.62. The summed E-state index contributed by atoms with van der Waals surface area (Å²) < 4.78 is 5.82. The van der Waals surface area contributed by atoms with E-state index in [2.05, 4.69) is 47.6 Å². The predicted molar refractivity (Wildman–Crippen MR) is 67.8 cm³/mol. The van der Waals surface area contributed by atoms with Gasteiger partial charge in [0.15, 0.2) is 0 Å². The molecule has 0 aliphatic heterocycles. The van der Waals surface area contributed by atoms with Crippen LogP contribution < -0.4 is 18.9 Å². The third-order valence-electron chi connectivity index (χ3n) is 2.21. The van der Waals surface area contributed by atoms with E-state index in [-0.39, 0.29) is 29.9 Å². The minimum absolute atomic E-state index is 0. The average molecular weight is 218 g/mol. The van der Waals surface area contributed by atoms with Gasteiger partial charge in [0, 0.05) is 0 Å². The molecule has 0 aliphatic carbocycles. The van der Waals surface area contributed by atoms with Crippen LogP contribution in [0.1, 0.15) is 54.4 Å². The van der Waals surface area contributed by atoms with Gasteiger partial charge in [0.2, 0.25) is 0 Å². The summed E-state index contributed by atoms with van der Waals surface area (Å²) >= 11 is 0. The van der Waals surface area contributed by atoms with Gasteiger partial charge in [-0.1, -0.05) is 27.2 Å². The summed E-state index contributed by atoms with van der Waals surface area (Å²) in [6.07, 6.45) is 4.44. The van der Waals surface area contributed by atoms with Crippen LogP contribution in [0.4, 0.5) is 0 Å². The molecule has 0 bridgehead atoms. The summed E-state index contributed by atoms with van der Waals surface area (Å²) in [5, 5.41) is 0. The van der Waals surface area contributed by atoms with Crippen LogP contribution in [-0.4, -0.2) is 12.2 Å². The number of ether oxygens (including phenoxy) is 1. The molecule has 0 amide bonds. The van der Waals surface area contributed by atoms with Gasteiger partial charge in [-0.3, -0.25) is 0 Å². The zero-order valence-corrected chi connectivity index (χ0v) is 12.3. The van der Waals surface area contributed by atoms with Crippen molar-refractivity contribution in [3.63, 3.8) is 0 Å². The molecule has 0 fully saturated rings. The topological polar surface area (TPSA) is 9.23 Å². The fourth-order valence-corrected chi connectivity index (χ4v) is 1.19. The molecule has 0 radical (unpaired) electrons. The van der Waals surface area contributed by atoms with Crippen molar-refractivity contribution in [2.75, 3.05) is 6.61 Å². The first kappa shape index (κ1) is 18.5. The van der Waals surface area contributed by atoms with E-state index in [0.717, 1.165) is 25.0 Å². The molecule has 90 valence electrons. The fraction of sp³-hybridized carbons (Fsp3) is 0.786. The molecule has 0 atom stereocenters. The van der Waals surface area contributed by atoms with E-state index < -0.39 is 0 Å². The van der Waals surface area contributed by atoms with Crippen LogP contribution in [0.15, 0.2) is 11.6 Å². The molecular formula is C14H27LiO. The van der Waals surface area contributed by atoms with Gasteiger partial charge >= 0.3 is 18.9 Å². The van der Waals surface area contributed by atoms with Crippen LogP contribution in [0.25, 0.3) is 0 Å². The Morgan fingerprint density at radius 3 is 2.06 bits per heavy atom. The average Bonchev–Trinajstić information content (AvgIpc) is 1.99. The van der Waals surface area contributed by atoms with Crippen molar-refractivity contribution in [1.29, 1.82) is 0 Å². The van der Waals surface area contributed by atoms with Crippen molar-refractivity contribution in [2.24, 2.45) is 5.41 Å². The third-order valence-corrected chi connectivity index (χ3v) is 2.21. The number of hydrogen-bond donors (Lipinski definition) is 0. The van der Waals surface area contributed by atoms with E-state index in [1.165, 1.54) is 0 Å². The Morgan fingerprint density at radius 1 is 1.19 bits per heavy atom. The van der Waals surface area contributed by atoms with Crippen molar-refractivity contribution in [2.45, 2.75) is 60.0 Å². The van der Waals surface area contributed by atoms with E-state index in [1.54, 1.807) is 0 Å². The van der Waals surface area contributed by atoms with Gasteiger partial charge in [0.25, 0.3) is 0 Å². The fourth-order valence-electron chi connectivity index (χ4n) is 1.19. The third kappa shape index (κ3) is 12.2. The van der Waals surface area contributed by atoms with Crippen molar-refractivity contribution in [1.82, 2.24) is 0 Å². The maximum atomic E-state index is 5.82. The quantitative estimate of drug-likeness (QED) is 0.500. The van der Waals surface area contributed by atoms with Crippen molar-refractivity contribution in [3.05, 3.63) is 18.6 Å². The standard InChI is InChI=1S/C14H27O.Li/c1-12(2)9-8-10-14(6,7)11-15-13(3,4)5;/h9H,1,8,10-11H2,2-7H3;/q-1;+1/b12-9-;. The van der Waals surface area contributed by atoms with Crippen LogP contribution in [0, 0.1) is 12.3 Å². The van der Waals surface area contributed by atoms with Gasteiger partial charge < -0.3 is 4.74 Å². The molecule has 0 aromatic heterocycles. The predicted octanol–water partition coefficient (Wildman–Crippen LogP) is 1.39. The molecule has 0 N–H and O–H groups in total. The number of hydrogen-bond acceptors (Lipinski definition) is 1. The first-order valence-electron chi connectivity index (χ1n) is 5.75. The summed E-state index contributed by atoms with van der Waals surface area (Å²) in [6.45, 7) is 17.5. The van der Waals surface area contributed by atoms with Gasteiger partial charge in [0.1, 0.15) is 0 Å². The molecule has 0 aromatic carbocycles.